The van der Waals surface area contributed by atoms with Gasteiger partial charge in [0, 0.05) is 5.75 Å². The molecule has 0 fully saturated rings. The van der Waals surface area contributed by atoms with E-state index in [0.29, 0.717) is 5.56 Å². The number of thioether (sulfide) groups is 1. The number of alkyl carbamates (subject to hydrolysis) is 1. The first-order valence-corrected chi connectivity index (χ1v) is 7.17. The zero-order chi connectivity index (χ0) is 16.6. The SMILES string of the molecule is O=C(NC(CCSC(F)(F)F)C(=O)O)OCc1ccccc1. The second-order valence-electron chi connectivity index (χ2n) is 4.18. The molecule has 0 bridgehead atoms. The lowest BCUT2D eigenvalue weighted by Crippen LogP contribution is -2.41. The highest BCUT2D eigenvalue weighted by Crippen LogP contribution is 2.30. The molecule has 5 nitrogen and oxygen atoms in total. The van der Waals surface area contributed by atoms with Gasteiger partial charge in [0.1, 0.15) is 12.6 Å². The Morgan fingerprint density at radius 1 is 1.27 bits per heavy atom. The van der Waals surface area contributed by atoms with Gasteiger partial charge in [-0.1, -0.05) is 42.1 Å². The van der Waals surface area contributed by atoms with Gasteiger partial charge in [0.15, 0.2) is 0 Å². The lowest BCUT2D eigenvalue weighted by molar-refractivity contribution is -0.139. The number of nitrogens with one attached hydrogen (secondary N) is 1. The van der Waals surface area contributed by atoms with Crippen molar-refractivity contribution in [3.63, 3.8) is 0 Å². The molecule has 0 aliphatic heterocycles. The Labute approximate surface area is 128 Å². The Balaban J connectivity index is 2.39. The number of carbonyl (C=O) groups excluding carboxylic acids is 1. The first-order valence-electron chi connectivity index (χ1n) is 6.18. The first kappa shape index (κ1) is 18.1. The quantitative estimate of drug-likeness (QED) is 0.800. The summed E-state index contributed by atoms with van der Waals surface area (Å²) in [5.74, 6) is -1.89. The zero-order valence-corrected chi connectivity index (χ0v) is 12.1. The number of carboxylic acids is 1. The van der Waals surface area contributed by atoms with Crippen LogP contribution >= 0.6 is 11.8 Å². The molecular formula is C13H14F3NO4S. The zero-order valence-electron chi connectivity index (χ0n) is 11.3. The summed E-state index contributed by atoms with van der Waals surface area (Å²) in [6.07, 6.45) is -1.35. The number of amides is 1. The summed E-state index contributed by atoms with van der Waals surface area (Å²) in [6, 6.07) is 7.25. The molecule has 0 heterocycles. The van der Waals surface area contributed by atoms with E-state index in [4.69, 9.17) is 9.84 Å². The van der Waals surface area contributed by atoms with Gasteiger partial charge in [-0.25, -0.2) is 9.59 Å². The predicted octanol–water partition coefficient (Wildman–Crippen LogP) is 3.01. The smallest absolute Gasteiger partial charge is 0.441 e. The molecule has 1 unspecified atom stereocenters. The third-order valence-electron chi connectivity index (χ3n) is 2.48. The second-order valence-corrected chi connectivity index (χ2v) is 5.34. The highest BCUT2D eigenvalue weighted by Gasteiger charge is 2.29. The molecule has 1 aromatic carbocycles. The number of alkyl halides is 3. The van der Waals surface area contributed by atoms with E-state index in [9.17, 15) is 22.8 Å². The van der Waals surface area contributed by atoms with E-state index in [1.165, 1.54) is 0 Å². The molecule has 0 spiro atoms. The number of carboxylic acid groups (broad SMARTS) is 1. The largest absolute Gasteiger partial charge is 0.480 e. The third kappa shape index (κ3) is 7.77. The van der Waals surface area contributed by atoms with Gasteiger partial charge >= 0.3 is 17.6 Å². The molecule has 0 saturated heterocycles. The van der Waals surface area contributed by atoms with Crippen LogP contribution in [0, 0.1) is 0 Å². The molecule has 0 aliphatic carbocycles. The average Bonchev–Trinajstić information content (AvgIpc) is 2.43. The van der Waals surface area contributed by atoms with Gasteiger partial charge in [-0.2, -0.15) is 13.2 Å². The van der Waals surface area contributed by atoms with Crippen molar-refractivity contribution in [1.29, 1.82) is 0 Å². The van der Waals surface area contributed by atoms with Crippen molar-refractivity contribution in [2.45, 2.75) is 24.6 Å². The Hall–Kier alpha value is -1.90. The maximum Gasteiger partial charge on any atom is 0.441 e. The van der Waals surface area contributed by atoms with Gasteiger partial charge in [0.25, 0.3) is 0 Å². The molecule has 122 valence electrons. The Morgan fingerprint density at radius 2 is 1.91 bits per heavy atom. The summed E-state index contributed by atoms with van der Waals surface area (Å²) in [7, 11) is 0. The Bertz CT molecular complexity index is 496. The van der Waals surface area contributed by atoms with Gasteiger partial charge in [0.05, 0.1) is 0 Å². The summed E-state index contributed by atoms with van der Waals surface area (Å²) in [5.41, 5.74) is -3.73. The van der Waals surface area contributed by atoms with Crippen molar-refractivity contribution < 1.29 is 32.6 Å². The van der Waals surface area contributed by atoms with Crippen molar-refractivity contribution in [3.05, 3.63) is 35.9 Å². The number of benzene rings is 1. The van der Waals surface area contributed by atoms with Gasteiger partial charge in [0.2, 0.25) is 0 Å². The van der Waals surface area contributed by atoms with Crippen molar-refractivity contribution >= 4 is 23.8 Å². The first-order chi connectivity index (χ1) is 10.3. The third-order valence-corrected chi connectivity index (χ3v) is 3.24. The maximum absolute atomic E-state index is 12.0. The average molecular weight is 337 g/mol. The molecule has 0 saturated carbocycles. The minimum Gasteiger partial charge on any atom is -0.480 e. The molecule has 1 atom stereocenters. The van der Waals surface area contributed by atoms with Crippen molar-refractivity contribution in [3.8, 4) is 0 Å². The number of carbonyl (C=O) groups is 2. The minimum atomic E-state index is -4.43. The minimum absolute atomic E-state index is 0.0592. The second kappa shape index (κ2) is 8.52. The number of hydrogen-bond donors (Lipinski definition) is 2. The van der Waals surface area contributed by atoms with Gasteiger partial charge < -0.3 is 15.2 Å². The lowest BCUT2D eigenvalue weighted by Gasteiger charge is -2.15. The van der Waals surface area contributed by atoms with Gasteiger partial charge in [-0.15, -0.1) is 0 Å². The van der Waals surface area contributed by atoms with E-state index in [1.807, 2.05) is 5.32 Å². The van der Waals surface area contributed by atoms with Crippen LogP contribution in [0.3, 0.4) is 0 Å². The van der Waals surface area contributed by atoms with E-state index >= 15 is 0 Å². The number of rotatable bonds is 7. The lowest BCUT2D eigenvalue weighted by atomic mass is 10.2. The molecule has 9 heteroatoms. The highest BCUT2D eigenvalue weighted by molar-refractivity contribution is 8.00. The molecule has 22 heavy (non-hydrogen) atoms. The van der Waals surface area contributed by atoms with Crippen molar-refractivity contribution in [2.75, 3.05) is 5.75 Å². The van der Waals surface area contributed by atoms with Crippen molar-refractivity contribution in [1.82, 2.24) is 5.32 Å². The van der Waals surface area contributed by atoms with Gasteiger partial charge in [-0.05, 0) is 12.0 Å². The summed E-state index contributed by atoms with van der Waals surface area (Å²) >= 11 is -0.339. The van der Waals surface area contributed by atoms with Crippen LogP contribution in [-0.2, 0) is 16.1 Å². The standard InChI is InChI=1S/C13H14F3NO4S/c14-13(15,16)22-7-6-10(11(18)19)17-12(20)21-8-9-4-2-1-3-5-9/h1-5,10H,6-8H2,(H,17,20)(H,18,19). The fraction of sp³-hybridized carbons (Fsp3) is 0.385. The van der Waals surface area contributed by atoms with Crippen LogP contribution in [0.25, 0.3) is 0 Å². The monoisotopic (exact) mass is 337 g/mol. The van der Waals surface area contributed by atoms with E-state index in [1.54, 1.807) is 30.3 Å². The van der Waals surface area contributed by atoms with E-state index < -0.39 is 29.4 Å². The number of halogens is 3. The Morgan fingerprint density at radius 3 is 2.45 bits per heavy atom. The van der Waals surface area contributed by atoms with Crippen LogP contribution in [0.4, 0.5) is 18.0 Å². The summed E-state index contributed by atoms with van der Waals surface area (Å²) in [5, 5.41) is 10.9. The molecule has 1 rings (SSSR count). The maximum atomic E-state index is 12.0. The predicted molar refractivity (Wildman–Crippen MR) is 74.3 cm³/mol. The molecule has 0 radical (unpaired) electrons. The molecule has 1 aromatic rings. The highest BCUT2D eigenvalue weighted by atomic mass is 32.2. The molecule has 0 aromatic heterocycles. The van der Waals surface area contributed by atoms with Crippen LogP contribution in [0.2, 0.25) is 0 Å². The summed E-state index contributed by atoms with van der Waals surface area (Å²) in [6.45, 7) is -0.0592. The van der Waals surface area contributed by atoms with E-state index in [0.717, 1.165) is 0 Å². The summed E-state index contributed by atoms with van der Waals surface area (Å²) < 4.78 is 40.8. The van der Waals surface area contributed by atoms with Crippen LogP contribution in [0.15, 0.2) is 30.3 Å². The van der Waals surface area contributed by atoms with E-state index in [2.05, 4.69) is 0 Å². The molecule has 1 amide bonds. The van der Waals surface area contributed by atoms with Crippen LogP contribution in [0.1, 0.15) is 12.0 Å². The van der Waals surface area contributed by atoms with Crippen LogP contribution < -0.4 is 5.32 Å². The van der Waals surface area contributed by atoms with E-state index in [-0.39, 0.29) is 24.8 Å². The molecular weight excluding hydrogens is 323 g/mol. The Kier molecular flexibility index (Phi) is 7.03. The van der Waals surface area contributed by atoms with Crippen LogP contribution in [-0.4, -0.2) is 34.5 Å². The van der Waals surface area contributed by atoms with Gasteiger partial charge in [-0.3, -0.25) is 0 Å². The fourth-order valence-electron chi connectivity index (χ4n) is 1.46. The fourth-order valence-corrected chi connectivity index (χ4v) is 2.04. The molecule has 0 aliphatic rings. The van der Waals surface area contributed by atoms with Crippen molar-refractivity contribution in [2.24, 2.45) is 0 Å². The normalized spacial score (nSPS) is 12.5. The number of ether oxygens (including phenoxy) is 1. The number of aliphatic carboxylic acids is 1. The molecule has 2 N–H and O–H groups in total. The summed E-state index contributed by atoms with van der Waals surface area (Å²) in [4.78, 5) is 22.4. The topological polar surface area (TPSA) is 75.6 Å². The van der Waals surface area contributed by atoms with Crippen LogP contribution in [0.5, 0.6) is 0 Å². The number of hydrogen-bond acceptors (Lipinski definition) is 4.